The lowest BCUT2D eigenvalue weighted by atomic mass is 9.72. The van der Waals surface area contributed by atoms with E-state index in [0.717, 1.165) is 0 Å². The van der Waals surface area contributed by atoms with Crippen molar-refractivity contribution in [3.63, 3.8) is 0 Å². The van der Waals surface area contributed by atoms with Crippen molar-refractivity contribution in [1.29, 1.82) is 0 Å². The zero-order valence-electron chi connectivity index (χ0n) is 12.7. The summed E-state index contributed by atoms with van der Waals surface area (Å²) in [5, 5.41) is 12.9. The fourth-order valence-electron chi connectivity index (χ4n) is 2.31. The summed E-state index contributed by atoms with van der Waals surface area (Å²) < 4.78 is 10.4. The Morgan fingerprint density at radius 2 is 2.17 bits per heavy atom. The molecule has 6 nitrogen and oxygen atoms in total. The lowest BCUT2D eigenvalue weighted by Crippen LogP contribution is -2.53. The van der Waals surface area contributed by atoms with Gasteiger partial charge in [-0.25, -0.2) is 4.79 Å². The fourth-order valence-corrected chi connectivity index (χ4v) is 2.75. The Bertz CT molecular complexity index is 640. The van der Waals surface area contributed by atoms with Gasteiger partial charge in [-0.15, -0.1) is 0 Å². The van der Waals surface area contributed by atoms with E-state index in [2.05, 4.69) is 5.32 Å². The Labute approximate surface area is 144 Å². The lowest BCUT2D eigenvalue weighted by Gasteiger charge is -2.29. The first kappa shape index (κ1) is 17.9. The first-order chi connectivity index (χ1) is 10.9. The SMILES string of the molecule is CCOC(=O)c1c(Cl)c(Cl)cc2c1OB(O)C(NC(=O)CC)C2. The summed E-state index contributed by atoms with van der Waals surface area (Å²) in [6, 6.07) is 1.55. The zero-order chi connectivity index (χ0) is 17.1. The quantitative estimate of drug-likeness (QED) is 0.634. The minimum atomic E-state index is -1.30. The molecule has 0 fully saturated rings. The van der Waals surface area contributed by atoms with E-state index in [1.54, 1.807) is 19.9 Å². The summed E-state index contributed by atoms with van der Waals surface area (Å²) in [7, 11) is -1.30. The molecule has 0 saturated heterocycles. The van der Waals surface area contributed by atoms with Crippen LogP contribution in [-0.4, -0.2) is 36.6 Å². The van der Waals surface area contributed by atoms with Crippen molar-refractivity contribution >= 4 is 42.2 Å². The summed E-state index contributed by atoms with van der Waals surface area (Å²) >= 11 is 12.2. The van der Waals surface area contributed by atoms with Gasteiger partial charge in [-0.1, -0.05) is 30.1 Å². The number of benzene rings is 1. The van der Waals surface area contributed by atoms with Gasteiger partial charge in [-0.05, 0) is 25.0 Å². The minimum absolute atomic E-state index is 0.00658. The van der Waals surface area contributed by atoms with Gasteiger partial charge in [0.25, 0.3) is 0 Å². The van der Waals surface area contributed by atoms with E-state index < -0.39 is 19.0 Å². The van der Waals surface area contributed by atoms with Gasteiger partial charge in [-0.3, -0.25) is 4.79 Å². The normalized spacial score (nSPS) is 16.4. The van der Waals surface area contributed by atoms with Crippen LogP contribution in [-0.2, 0) is 16.0 Å². The minimum Gasteiger partial charge on any atom is -0.534 e. The van der Waals surface area contributed by atoms with Crippen molar-refractivity contribution in [2.45, 2.75) is 32.6 Å². The molecule has 1 aromatic rings. The number of nitrogens with one attached hydrogen (secondary N) is 1. The second kappa shape index (κ2) is 7.42. The number of halogens is 2. The van der Waals surface area contributed by atoms with Crippen LogP contribution in [0.4, 0.5) is 0 Å². The molecule has 1 aromatic carbocycles. The number of fused-ring (bicyclic) bond motifs is 1. The Hall–Kier alpha value is -1.44. The van der Waals surface area contributed by atoms with Gasteiger partial charge in [0.15, 0.2) is 0 Å². The third-order valence-electron chi connectivity index (χ3n) is 3.42. The number of esters is 1. The molecule has 0 aromatic heterocycles. The van der Waals surface area contributed by atoms with E-state index >= 15 is 0 Å². The van der Waals surface area contributed by atoms with Gasteiger partial charge in [0.2, 0.25) is 5.91 Å². The highest BCUT2D eigenvalue weighted by atomic mass is 35.5. The highest BCUT2D eigenvalue weighted by Gasteiger charge is 2.39. The van der Waals surface area contributed by atoms with E-state index in [9.17, 15) is 14.6 Å². The number of carbonyl (C=O) groups excluding carboxylic acids is 2. The molecular formula is C14H16BCl2NO5. The average Bonchev–Trinajstić information content (AvgIpc) is 2.50. The van der Waals surface area contributed by atoms with E-state index in [0.29, 0.717) is 5.56 Å². The van der Waals surface area contributed by atoms with Crippen LogP contribution in [0, 0.1) is 0 Å². The molecule has 2 N–H and O–H groups in total. The van der Waals surface area contributed by atoms with Crippen LogP contribution in [0.25, 0.3) is 0 Å². The van der Waals surface area contributed by atoms with E-state index in [4.69, 9.17) is 32.6 Å². The fraction of sp³-hybridized carbons (Fsp3) is 0.429. The van der Waals surface area contributed by atoms with E-state index in [-0.39, 0.29) is 46.7 Å². The molecule has 2 rings (SSSR count). The van der Waals surface area contributed by atoms with Crippen molar-refractivity contribution in [3.05, 3.63) is 27.2 Å². The van der Waals surface area contributed by atoms with Gasteiger partial charge in [0, 0.05) is 6.42 Å². The largest absolute Gasteiger partial charge is 0.547 e. The van der Waals surface area contributed by atoms with Gasteiger partial charge < -0.3 is 19.7 Å². The van der Waals surface area contributed by atoms with Crippen molar-refractivity contribution in [2.24, 2.45) is 0 Å². The molecule has 0 aliphatic carbocycles. The summed E-state index contributed by atoms with van der Waals surface area (Å²) in [5.41, 5.74) is 0.546. The summed E-state index contributed by atoms with van der Waals surface area (Å²) in [5.74, 6) is -1.40. The topological polar surface area (TPSA) is 84.9 Å². The van der Waals surface area contributed by atoms with Gasteiger partial charge in [-0.2, -0.15) is 0 Å². The lowest BCUT2D eigenvalue weighted by molar-refractivity contribution is -0.121. The number of amides is 1. The third kappa shape index (κ3) is 3.73. The maximum absolute atomic E-state index is 12.1. The van der Waals surface area contributed by atoms with Crippen LogP contribution in [0.1, 0.15) is 36.2 Å². The zero-order valence-corrected chi connectivity index (χ0v) is 14.2. The predicted molar refractivity (Wildman–Crippen MR) is 86.9 cm³/mol. The second-order valence-corrected chi connectivity index (χ2v) is 5.78. The molecule has 0 bridgehead atoms. The molecule has 0 spiro atoms. The molecule has 0 radical (unpaired) electrons. The maximum Gasteiger partial charge on any atom is 0.547 e. The third-order valence-corrected chi connectivity index (χ3v) is 4.21. The standard InChI is InChI=1S/C14H16BCl2NO5/c1-3-10(19)18-9-6-7-5-8(16)12(17)11(14(20)22-4-2)13(7)23-15(9)21/h5,9,21H,3-4,6H2,1-2H3,(H,18,19). The molecule has 1 unspecified atom stereocenters. The smallest absolute Gasteiger partial charge is 0.534 e. The van der Waals surface area contributed by atoms with Crippen molar-refractivity contribution in [3.8, 4) is 5.75 Å². The van der Waals surface area contributed by atoms with Gasteiger partial charge in [0.1, 0.15) is 11.3 Å². The first-order valence-corrected chi connectivity index (χ1v) is 7.96. The Morgan fingerprint density at radius 3 is 2.78 bits per heavy atom. The highest BCUT2D eigenvalue weighted by Crippen LogP contribution is 2.39. The molecule has 9 heteroatoms. The average molecular weight is 360 g/mol. The van der Waals surface area contributed by atoms with Gasteiger partial charge in [0.05, 0.1) is 22.6 Å². The van der Waals surface area contributed by atoms with Crippen molar-refractivity contribution in [1.82, 2.24) is 5.32 Å². The highest BCUT2D eigenvalue weighted by molar-refractivity contribution is 6.48. The van der Waals surface area contributed by atoms with Crippen LogP contribution in [0.2, 0.25) is 10.0 Å². The molecule has 1 amide bonds. The first-order valence-electron chi connectivity index (χ1n) is 7.21. The summed E-state index contributed by atoms with van der Waals surface area (Å²) in [6.45, 7) is 3.53. The monoisotopic (exact) mass is 359 g/mol. The number of hydrogen-bond donors (Lipinski definition) is 2. The van der Waals surface area contributed by atoms with Crippen LogP contribution in [0.3, 0.4) is 0 Å². The molecular weight excluding hydrogens is 344 g/mol. The van der Waals surface area contributed by atoms with Crippen LogP contribution >= 0.6 is 23.2 Å². The number of carbonyl (C=O) groups is 2. The van der Waals surface area contributed by atoms with Crippen LogP contribution in [0.15, 0.2) is 6.07 Å². The molecule has 124 valence electrons. The van der Waals surface area contributed by atoms with E-state index in [1.807, 2.05) is 0 Å². The van der Waals surface area contributed by atoms with Crippen molar-refractivity contribution < 1.29 is 24.0 Å². The Kier molecular flexibility index (Phi) is 5.78. The van der Waals surface area contributed by atoms with Crippen LogP contribution in [0.5, 0.6) is 5.75 Å². The number of rotatable bonds is 4. The van der Waals surface area contributed by atoms with Gasteiger partial charge >= 0.3 is 13.1 Å². The number of hydrogen-bond acceptors (Lipinski definition) is 5. The Morgan fingerprint density at radius 1 is 1.48 bits per heavy atom. The van der Waals surface area contributed by atoms with Crippen LogP contribution < -0.4 is 9.97 Å². The molecule has 1 heterocycles. The summed E-state index contributed by atoms with van der Waals surface area (Å²) in [6.07, 6.45) is 0.539. The molecule has 1 atom stereocenters. The van der Waals surface area contributed by atoms with Crippen molar-refractivity contribution in [2.75, 3.05) is 6.61 Å². The Balaban J connectivity index is 2.41. The maximum atomic E-state index is 12.1. The number of ether oxygens (including phenoxy) is 1. The van der Waals surface area contributed by atoms with E-state index in [1.165, 1.54) is 0 Å². The molecule has 0 saturated carbocycles. The summed E-state index contributed by atoms with van der Waals surface area (Å²) in [4.78, 5) is 23.6. The second-order valence-electron chi connectivity index (χ2n) is 5.00. The molecule has 1 aliphatic heterocycles. The molecule has 1 aliphatic rings. The predicted octanol–water partition coefficient (Wildman–Crippen LogP) is 2.02. The molecule has 23 heavy (non-hydrogen) atoms.